The van der Waals surface area contributed by atoms with E-state index in [-0.39, 0.29) is 12.1 Å². The summed E-state index contributed by atoms with van der Waals surface area (Å²) in [6.07, 6.45) is 1.78. The smallest absolute Gasteiger partial charge is 0.143 e. The number of nitrogens with one attached hydrogen (secondary N) is 1. The lowest BCUT2D eigenvalue weighted by Gasteiger charge is -2.23. The van der Waals surface area contributed by atoms with Crippen molar-refractivity contribution < 1.29 is 5.11 Å². The van der Waals surface area contributed by atoms with Crippen LogP contribution < -0.4 is 5.32 Å². The zero-order chi connectivity index (χ0) is 17.6. The molecule has 0 saturated carbocycles. The third-order valence-electron chi connectivity index (χ3n) is 4.30. The van der Waals surface area contributed by atoms with E-state index in [9.17, 15) is 5.11 Å². The van der Waals surface area contributed by atoms with Crippen LogP contribution in [-0.2, 0) is 0 Å². The SMILES string of the molecule is CC(CC(O)c1ccccc1)NC(C)c1ccc(-n2cnnn2)cc1. The molecule has 0 bridgehead atoms. The highest BCUT2D eigenvalue weighted by Crippen LogP contribution is 2.20. The van der Waals surface area contributed by atoms with Crippen LogP contribution in [0.3, 0.4) is 0 Å². The molecule has 1 aromatic heterocycles. The van der Waals surface area contributed by atoms with Crippen LogP contribution in [0.5, 0.6) is 0 Å². The highest BCUT2D eigenvalue weighted by atomic mass is 16.3. The molecule has 3 aromatic rings. The summed E-state index contributed by atoms with van der Waals surface area (Å²) in [7, 11) is 0. The molecule has 2 N–H and O–H groups in total. The molecule has 0 aliphatic heterocycles. The molecule has 0 aliphatic carbocycles. The molecular weight excluding hydrogens is 314 g/mol. The van der Waals surface area contributed by atoms with Crippen molar-refractivity contribution >= 4 is 0 Å². The van der Waals surface area contributed by atoms with E-state index in [2.05, 4.69) is 46.8 Å². The molecule has 6 heteroatoms. The fourth-order valence-corrected chi connectivity index (χ4v) is 2.93. The molecule has 0 aliphatic rings. The van der Waals surface area contributed by atoms with Gasteiger partial charge in [-0.1, -0.05) is 42.5 Å². The van der Waals surface area contributed by atoms with Gasteiger partial charge in [0.2, 0.25) is 0 Å². The number of hydrogen-bond donors (Lipinski definition) is 2. The maximum absolute atomic E-state index is 10.4. The molecule has 3 rings (SSSR count). The van der Waals surface area contributed by atoms with Gasteiger partial charge in [0.15, 0.2) is 0 Å². The van der Waals surface area contributed by atoms with Gasteiger partial charge >= 0.3 is 0 Å². The number of aliphatic hydroxyl groups excluding tert-OH is 1. The highest BCUT2D eigenvalue weighted by molar-refractivity contribution is 5.34. The summed E-state index contributed by atoms with van der Waals surface area (Å²) in [5, 5.41) is 25.1. The number of aromatic nitrogens is 4. The van der Waals surface area contributed by atoms with E-state index in [0.717, 1.165) is 11.3 Å². The minimum absolute atomic E-state index is 0.181. The molecule has 3 atom stereocenters. The van der Waals surface area contributed by atoms with Gasteiger partial charge in [0.1, 0.15) is 6.33 Å². The summed E-state index contributed by atoms with van der Waals surface area (Å²) >= 11 is 0. The van der Waals surface area contributed by atoms with E-state index in [4.69, 9.17) is 0 Å². The summed E-state index contributed by atoms with van der Waals surface area (Å²) in [5.74, 6) is 0. The first-order valence-corrected chi connectivity index (χ1v) is 8.46. The number of aliphatic hydroxyl groups is 1. The molecule has 3 unspecified atom stereocenters. The Bertz CT molecular complexity index is 758. The van der Waals surface area contributed by atoms with Gasteiger partial charge in [0.05, 0.1) is 11.8 Å². The minimum Gasteiger partial charge on any atom is -0.388 e. The first-order chi connectivity index (χ1) is 12.1. The van der Waals surface area contributed by atoms with E-state index in [0.29, 0.717) is 6.42 Å². The highest BCUT2D eigenvalue weighted by Gasteiger charge is 2.15. The van der Waals surface area contributed by atoms with Crippen LogP contribution in [0.25, 0.3) is 5.69 Å². The molecule has 2 aromatic carbocycles. The summed E-state index contributed by atoms with van der Waals surface area (Å²) < 4.78 is 1.63. The van der Waals surface area contributed by atoms with Crippen LogP contribution >= 0.6 is 0 Å². The Balaban J connectivity index is 1.57. The topological polar surface area (TPSA) is 75.9 Å². The van der Waals surface area contributed by atoms with Crippen molar-refractivity contribution in [2.45, 2.75) is 38.5 Å². The molecule has 0 radical (unpaired) electrons. The van der Waals surface area contributed by atoms with Gasteiger partial charge < -0.3 is 10.4 Å². The number of tetrazole rings is 1. The maximum atomic E-state index is 10.4. The Morgan fingerprint density at radius 3 is 2.36 bits per heavy atom. The molecule has 0 saturated heterocycles. The lowest BCUT2D eigenvalue weighted by Crippen LogP contribution is -2.30. The zero-order valence-electron chi connectivity index (χ0n) is 14.4. The van der Waals surface area contributed by atoms with Crippen LogP contribution in [-0.4, -0.2) is 31.4 Å². The number of hydrogen-bond acceptors (Lipinski definition) is 5. The Kier molecular flexibility index (Phi) is 5.53. The Morgan fingerprint density at radius 1 is 1.00 bits per heavy atom. The van der Waals surface area contributed by atoms with Crippen LogP contribution in [0, 0.1) is 0 Å². The third-order valence-corrected chi connectivity index (χ3v) is 4.30. The quantitative estimate of drug-likeness (QED) is 0.693. The van der Waals surface area contributed by atoms with Crippen LogP contribution in [0.1, 0.15) is 43.5 Å². The number of benzene rings is 2. The van der Waals surface area contributed by atoms with E-state index >= 15 is 0 Å². The van der Waals surface area contributed by atoms with Crippen molar-refractivity contribution in [1.82, 2.24) is 25.5 Å². The molecule has 25 heavy (non-hydrogen) atoms. The van der Waals surface area contributed by atoms with Crippen LogP contribution in [0.4, 0.5) is 0 Å². The van der Waals surface area contributed by atoms with Crippen molar-refractivity contribution in [1.29, 1.82) is 0 Å². The first-order valence-electron chi connectivity index (χ1n) is 8.46. The molecule has 130 valence electrons. The second kappa shape index (κ2) is 8.00. The van der Waals surface area contributed by atoms with Crippen molar-refractivity contribution in [3.8, 4) is 5.69 Å². The zero-order valence-corrected chi connectivity index (χ0v) is 14.4. The van der Waals surface area contributed by atoms with Crippen LogP contribution in [0.15, 0.2) is 60.9 Å². The van der Waals surface area contributed by atoms with Gasteiger partial charge in [0, 0.05) is 12.1 Å². The molecule has 0 amide bonds. The van der Waals surface area contributed by atoms with Gasteiger partial charge in [-0.25, -0.2) is 4.68 Å². The third kappa shape index (κ3) is 4.49. The van der Waals surface area contributed by atoms with Crippen molar-refractivity contribution in [2.75, 3.05) is 0 Å². The largest absolute Gasteiger partial charge is 0.388 e. The van der Waals surface area contributed by atoms with Crippen LogP contribution in [0.2, 0.25) is 0 Å². The summed E-state index contributed by atoms with van der Waals surface area (Å²) in [6.45, 7) is 4.22. The average molecular weight is 337 g/mol. The Labute approximate surface area is 147 Å². The predicted molar refractivity (Wildman–Crippen MR) is 96.2 cm³/mol. The predicted octanol–water partition coefficient (Wildman–Crippen LogP) is 2.83. The molecule has 1 heterocycles. The van der Waals surface area contributed by atoms with Gasteiger partial charge in [-0.05, 0) is 54.0 Å². The Morgan fingerprint density at radius 2 is 1.72 bits per heavy atom. The molecule has 0 fully saturated rings. The minimum atomic E-state index is -0.460. The summed E-state index contributed by atoms with van der Waals surface area (Å²) in [4.78, 5) is 0. The van der Waals surface area contributed by atoms with Crippen molar-refractivity contribution in [2.24, 2.45) is 0 Å². The van der Waals surface area contributed by atoms with Gasteiger partial charge in [-0.2, -0.15) is 0 Å². The normalized spacial score (nSPS) is 14.8. The fraction of sp³-hybridized carbons (Fsp3) is 0.316. The van der Waals surface area contributed by atoms with E-state index in [1.165, 1.54) is 5.56 Å². The lowest BCUT2D eigenvalue weighted by atomic mass is 10.0. The summed E-state index contributed by atoms with van der Waals surface area (Å²) in [6, 6.07) is 18.3. The average Bonchev–Trinajstić information content (AvgIpc) is 3.17. The number of rotatable bonds is 7. The lowest BCUT2D eigenvalue weighted by molar-refractivity contribution is 0.152. The van der Waals surface area contributed by atoms with Gasteiger partial charge in [0.25, 0.3) is 0 Å². The second-order valence-corrected chi connectivity index (χ2v) is 6.30. The first kappa shape index (κ1) is 17.3. The molecule has 6 nitrogen and oxygen atoms in total. The summed E-state index contributed by atoms with van der Waals surface area (Å²) in [5.41, 5.74) is 3.06. The van der Waals surface area contributed by atoms with Crippen molar-refractivity contribution in [3.05, 3.63) is 72.1 Å². The molecular formula is C19H23N5O. The fourth-order valence-electron chi connectivity index (χ4n) is 2.93. The maximum Gasteiger partial charge on any atom is 0.143 e. The van der Waals surface area contributed by atoms with E-state index < -0.39 is 6.10 Å². The van der Waals surface area contributed by atoms with Gasteiger partial charge in [-0.3, -0.25) is 0 Å². The molecule has 0 spiro atoms. The van der Waals surface area contributed by atoms with E-state index in [1.54, 1.807) is 11.0 Å². The number of nitrogens with zero attached hydrogens (tertiary/aromatic N) is 4. The standard InChI is InChI=1S/C19H23N5O/c1-14(12-19(25)17-6-4-3-5-7-17)21-15(2)16-8-10-18(11-9-16)24-13-20-22-23-24/h3-11,13-15,19,21,25H,12H2,1-2H3. The van der Waals surface area contributed by atoms with Crippen molar-refractivity contribution in [3.63, 3.8) is 0 Å². The monoisotopic (exact) mass is 337 g/mol. The second-order valence-electron chi connectivity index (χ2n) is 6.30. The Hall–Kier alpha value is -2.57. The van der Waals surface area contributed by atoms with Gasteiger partial charge in [-0.15, -0.1) is 5.10 Å². The van der Waals surface area contributed by atoms with E-state index in [1.807, 2.05) is 42.5 Å².